The van der Waals surface area contributed by atoms with Crippen molar-refractivity contribution >= 4 is 20.2 Å². The topological polar surface area (TPSA) is 97.3 Å². The molecule has 0 spiro atoms. The van der Waals surface area contributed by atoms with E-state index in [2.05, 4.69) is 92.5 Å². The third kappa shape index (κ3) is 7.30. The highest BCUT2D eigenvalue weighted by Crippen LogP contribution is 2.36. The largest absolute Gasteiger partial charge is 0.467 e. The van der Waals surface area contributed by atoms with Crippen molar-refractivity contribution in [3.05, 3.63) is 84.2 Å². The van der Waals surface area contributed by atoms with E-state index < -0.39 is 8.32 Å². The molecule has 0 aliphatic carbocycles. The van der Waals surface area contributed by atoms with Crippen molar-refractivity contribution in [3.63, 3.8) is 0 Å². The van der Waals surface area contributed by atoms with Gasteiger partial charge in [0.1, 0.15) is 5.75 Å². The lowest BCUT2D eigenvalue weighted by molar-refractivity contribution is 0.0515. The first-order chi connectivity index (χ1) is 19.5. The lowest BCUT2D eigenvalue weighted by Gasteiger charge is -2.35. The number of nitrogens with two attached hydrogens (primary N) is 1. The highest BCUT2D eigenvalue weighted by atomic mass is 28.4. The normalized spacial score (nSPS) is 13.0. The summed E-state index contributed by atoms with van der Waals surface area (Å²) in [5.41, 5.74) is 11.6. The van der Waals surface area contributed by atoms with Crippen LogP contribution >= 0.6 is 0 Å². The van der Waals surface area contributed by atoms with Gasteiger partial charge < -0.3 is 19.6 Å². The number of anilines is 1. The Hall–Kier alpha value is -3.79. The summed E-state index contributed by atoms with van der Waals surface area (Å²) in [7, 11) is -0.161. The maximum Gasteiger partial charge on any atom is 0.192 e. The van der Waals surface area contributed by atoms with E-state index in [1.54, 1.807) is 13.3 Å². The first kappa shape index (κ1) is 30.2. The maximum atomic E-state index is 6.25. The zero-order valence-electron chi connectivity index (χ0n) is 25.1. The molecule has 41 heavy (non-hydrogen) atoms. The van der Waals surface area contributed by atoms with Gasteiger partial charge in [0, 0.05) is 30.0 Å². The van der Waals surface area contributed by atoms with Crippen molar-refractivity contribution in [1.29, 1.82) is 0 Å². The highest BCUT2D eigenvalue weighted by molar-refractivity contribution is 6.74. The van der Waals surface area contributed by atoms with Gasteiger partial charge in [0.25, 0.3) is 0 Å². The average molecular weight is 572 g/mol. The summed E-state index contributed by atoms with van der Waals surface area (Å²) in [6.07, 6.45) is 8.01. The molecule has 2 aromatic heterocycles. The zero-order chi connectivity index (χ0) is 29.6. The first-order valence-electron chi connectivity index (χ1n) is 13.8. The molecule has 9 heteroatoms. The monoisotopic (exact) mass is 571 g/mol. The van der Waals surface area contributed by atoms with Crippen LogP contribution in [0.25, 0.3) is 28.5 Å². The van der Waals surface area contributed by atoms with Crippen LogP contribution in [-0.4, -0.2) is 48.8 Å². The van der Waals surface area contributed by atoms with E-state index in [4.69, 9.17) is 19.6 Å². The Morgan fingerprint density at radius 1 is 1.02 bits per heavy atom. The van der Waals surface area contributed by atoms with Gasteiger partial charge in [0.2, 0.25) is 0 Å². The Labute approximate surface area is 244 Å². The Kier molecular flexibility index (Phi) is 9.42. The van der Waals surface area contributed by atoms with Crippen LogP contribution in [0.2, 0.25) is 18.1 Å². The fourth-order valence-corrected chi connectivity index (χ4v) is 5.02. The standard InChI is InChI=1S/C32H41N5O3Si/c1-23(25-16-14-24(15-17-25)11-10-18-40-41(6,7)32(2,3)4)37-21-26(20-34-37)28-19-29(35-36-31(28)33)27-12-8-9-13-30(27)39-22-38-5/h8-17,19-21,23H,18,22H2,1-7H3,(H2,33,36)/b11-10+. The van der Waals surface area contributed by atoms with Crippen LogP contribution in [0.5, 0.6) is 5.75 Å². The molecule has 0 saturated heterocycles. The summed E-state index contributed by atoms with van der Waals surface area (Å²) in [4.78, 5) is 0. The van der Waals surface area contributed by atoms with E-state index in [1.807, 2.05) is 41.2 Å². The minimum Gasteiger partial charge on any atom is -0.467 e. The number of hydrogen-bond acceptors (Lipinski definition) is 7. The van der Waals surface area contributed by atoms with Crippen LogP contribution in [0.15, 0.2) is 73.1 Å². The third-order valence-corrected chi connectivity index (χ3v) is 12.2. The first-order valence-corrected chi connectivity index (χ1v) is 16.7. The molecule has 0 aliphatic heterocycles. The molecule has 2 N–H and O–H groups in total. The van der Waals surface area contributed by atoms with Crippen molar-refractivity contribution < 1.29 is 13.9 Å². The lowest BCUT2D eigenvalue weighted by atomic mass is 10.1. The fraction of sp³-hybridized carbons (Fsp3) is 0.344. The zero-order valence-corrected chi connectivity index (χ0v) is 26.1. The molecule has 0 bridgehead atoms. The molecule has 8 nitrogen and oxygen atoms in total. The molecule has 2 heterocycles. The Morgan fingerprint density at radius 2 is 1.76 bits per heavy atom. The van der Waals surface area contributed by atoms with Crippen molar-refractivity contribution in [1.82, 2.24) is 20.0 Å². The van der Waals surface area contributed by atoms with Gasteiger partial charge in [-0.3, -0.25) is 4.68 Å². The predicted molar refractivity (Wildman–Crippen MR) is 168 cm³/mol. The van der Waals surface area contributed by atoms with Crippen LogP contribution in [0.4, 0.5) is 5.82 Å². The van der Waals surface area contributed by atoms with Gasteiger partial charge >= 0.3 is 0 Å². The molecule has 4 rings (SSSR count). The number of nitrogen functional groups attached to an aromatic ring is 1. The van der Waals surface area contributed by atoms with Gasteiger partial charge in [-0.05, 0) is 54.4 Å². The minimum absolute atomic E-state index is 0.0300. The molecule has 4 aromatic rings. The highest BCUT2D eigenvalue weighted by Gasteiger charge is 2.36. The molecular formula is C32H41N5O3Si. The molecule has 216 valence electrons. The van der Waals surface area contributed by atoms with Gasteiger partial charge in [-0.2, -0.15) is 5.10 Å². The Bertz CT molecular complexity index is 1480. The van der Waals surface area contributed by atoms with E-state index in [-0.39, 0.29) is 17.9 Å². The van der Waals surface area contributed by atoms with Crippen molar-refractivity contribution in [2.24, 2.45) is 0 Å². The second-order valence-corrected chi connectivity index (χ2v) is 16.4. The van der Waals surface area contributed by atoms with E-state index >= 15 is 0 Å². The molecule has 0 fully saturated rings. The minimum atomic E-state index is -1.75. The molecular weight excluding hydrogens is 530 g/mol. The summed E-state index contributed by atoms with van der Waals surface area (Å²) in [6, 6.07) is 18.1. The molecule has 0 amide bonds. The molecule has 2 aromatic carbocycles. The SMILES string of the molecule is COCOc1ccccc1-c1cc(-c2cnn(C(C)c3ccc(/C=C/CO[Si](C)(C)C(C)(C)C)cc3)c2)c(N)nn1. The van der Waals surface area contributed by atoms with Gasteiger partial charge in [-0.25, -0.2) is 0 Å². The van der Waals surface area contributed by atoms with E-state index in [1.165, 1.54) is 0 Å². The van der Waals surface area contributed by atoms with Crippen LogP contribution in [-0.2, 0) is 9.16 Å². The van der Waals surface area contributed by atoms with Crippen LogP contribution in [0, 0.1) is 0 Å². The number of para-hydroxylation sites is 1. The quantitative estimate of drug-likeness (QED) is 0.150. The smallest absolute Gasteiger partial charge is 0.192 e. The number of aromatic nitrogens is 4. The number of ether oxygens (including phenoxy) is 2. The van der Waals surface area contributed by atoms with Crippen LogP contribution in [0.3, 0.4) is 0 Å². The average Bonchev–Trinajstić information content (AvgIpc) is 3.44. The summed E-state index contributed by atoms with van der Waals surface area (Å²) in [6.45, 7) is 14.2. The Morgan fingerprint density at radius 3 is 2.46 bits per heavy atom. The van der Waals surface area contributed by atoms with E-state index in [9.17, 15) is 0 Å². The van der Waals surface area contributed by atoms with Gasteiger partial charge in [0.15, 0.2) is 20.9 Å². The number of hydrogen-bond donors (Lipinski definition) is 1. The second-order valence-electron chi connectivity index (χ2n) is 11.6. The van der Waals surface area contributed by atoms with Gasteiger partial charge in [-0.1, -0.05) is 69.3 Å². The summed E-state index contributed by atoms with van der Waals surface area (Å²) in [5.74, 6) is 0.995. The van der Waals surface area contributed by atoms with Crippen molar-refractivity contribution in [2.45, 2.75) is 51.9 Å². The van der Waals surface area contributed by atoms with Crippen LogP contribution < -0.4 is 10.5 Å². The predicted octanol–water partition coefficient (Wildman–Crippen LogP) is 7.22. The van der Waals surface area contributed by atoms with E-state index in [0.717, 1.165) is 27.8 Å². The number of nitrogens with zero attached hydrogens (tertiary/aromatic N) is 4. The third-order valence-electron chi connectivity index (χ3n) is 7.70. The van der Waals surface area contributed by atoms with Crippen molar-refractivity contribution in [2.75, 3.05) is 26.2 Å². The van der Waals surface area contributed by atoms with Gasteiger partial charge in [0.05, 0.1) is 24.5 Å². The second kappa shape index (κ2) is 12.8. The number of methoxy groups -OCH3 is 1. The maximum absolute atomic E-state index is 6.25. The van der Waals surface area contributed by atoms with Crippen LogP contribution in [0.1, 0.15) is 44.9 Å². The van der Waals surface area contributed by atoms with Gasteiger partial charge in [-0.15, -0.1) is 10.2 Å². The Balaban J connectivity index is 1.47. The molecule has 0 saturated carbocycles. The fourth-order valence-electron chi connectivity index (χ4n) is 4.07. The number of benzene rings is 2. The molecule has 0 aliphatic rings. The van der Waals surface area contributed by atoms with E-state index in [0.29, 0.717) is 23.9 Å². The lowest BCUT2D eigenvalue weighted by Crippen LogP contribution is -2.40. The summed E-state index contributed by atoms with van der Waals surface area (Å²) >= 11 is 0. The summed E-state index contributed by atoms with van der Waals surface area (Å²) < 4.78 is 19.0. The summed E-state index contributed by atoms with van der Waals surface area (Å²) in [5, 5.41) is 13.4. The molecule has 1 atom stereocenters. The molecule has 1 unspecified atom stereocenters. The molecule has 0 radical (unpaired) electrons. The number of rotatable bonds is 11. The van der Waals surface area contributed by atoms with Crippen molar-refractivity contribution in [3.8, 4) is 28.1 Å².